The Balaban J connectivity index is 2.22. The van der Waals surface area contributed by atoms with Gasteiger partial charge in [0.1, 0.15) is 0 Å². The number of rotatable bonds is 9. The van der Waals surface area contributed by atoms with Gasteiger partial charge in [0.2, 0.25) is 0 Å². The first-order valence-corrected chi connectivity index (χ1v) is 7.43. The van der Waals surface area contributed by atoms with Gasteiger partial charge < -0.3 is 5.11 Å². The standard InChI is InChI=1S/C18H18O8/c19-17(24-20,13-11-15-7-3-1-4-8-15)23-18(25-21,26-22)14-12-16-9-5-2-6-10-16/h1-14,19-22H. The molecule has 0 radical (unpaired) electrons. The fraction of sp³-hybridized carbons (Fsp3) is 0.111. The molecule has 26 heavy (non-hydrogen) atoms. The van der Waals surface area contributed by atoms with Crippen molar-refractivity contribution in [2.24, 2.45) is 0 Å². The molecule has 2 aromatic rings. The van der Waals surface area contributed by atoms with Crippen LogP contribution in [0.2, 0.25) is 0 Å². The van der Waals surface area contributed by atoms with E-state index in [0.717, 1.165) is 12.2 Å². The lowest BCUT2D eigenvalue weighted by molar-refractivity contribution is -0.600. The number of hydrogen-bond acceptors (Lipinski definition) is 8. The van der Waals surface area contributed by atoms with Crippen LogP contribution in [0.15, 0.2) is 72.8 Å². The highest BCUT2D eigenvalue weighted by Crippen LogP contribution is 2.26. The van der Waals surface area contributed by atoms with E-state index in [0.29, 0.717) is 11.1 Å². The van der Waals surface area contributed by atoms with Gasteiger partial charge in [-0.3, -0.25) is 4.74 Å². The monoisotopic (exact) mass is 362 g/mol. The zero-order valence-corrected chi connectivity index (χ0v) is 13.5. The van der Waals surface area contributed by atoms with E-state index in [1.54, 1.807) is 60.7 Å². The van der Waals surface area contributed by atoms with Gasteiger partial charge in [-0.05, 0) is 11.1 Å². The molecule has 0 bridgehead atoms. The molecule has 1 atom stereocenters. The molecule has 0 fully saturated rings. The Hall–Kier alpha value is -2.40. The lowest BCUT2D eigenvalue weighted by Crippen LogP contribution is -2.46. The van der Waals surface area contributed by atoms with Crippen molar-refractivity contribution in [1.82, 2.24) is 0 Å². The predicted molar refractivity (Wildman–Crippen MR) is 90.9 cm³/mol. The predicted octanol–water partition coefficient (Wildman–Crippen LogP) is 3.20. The molecule has 1 unspecified atom stereocenters. The van der Waals surface area contributed by atoms with E-state index in [9.17, 15) is 5.11 Å². The fourth-order valence-corrected chi connectivity index (χ4v) is 1.96. The Morgan fingerprint density at radius 1 is 0.654 bits per heavy atom. The summed E-state index contributed by atoms with van der Waals surface area (Å²) in [6, 6.07) is 17.4. The highest BCUT2D eigenvalue weighted by atomic mass is 17.3. The first-order valence-electron chi connectivity index (χ1n) is 7.43. The minimum Gasteiger partial charge on any atom is -0.338 e. The van der Waals surface area contributed by atoms with E-state index in [2.05, 4.69) is 14.7 Å². The summed E-state index contributed by atoms with van der Waals surface area (Å²) in [5, 5.41) is 37.3. The zero-order valence-electron chi connectivity index (χ0n) is 13.5. The minimum absolute atomic E-state index is 0.642. The smallest absolute Gasteiger partial charge is 0.338 e. The van der Waals surface area contributed by atoms with E-state index in [1.165, 1.54) is 12.2 Å². The third-order valence-corrected chi connectivity index (χ3v) is 3.24. The molecule has 2 rings (SSSR count). The van der Waals surface area contributed by atoms with Crippen LogP contribution in [0.4, 0.5) is 0 Å². The Morgan fingerprint density at radius 2 is 1.12 bits per heavy atom. The van der Waals surface area contributed by atoms with Crippen molar-refractivity contribution in [3.63, 3.8) is 0 Å². The van der Waals surface area contributed by atoms with Crippen LogP contribution < -0.4 is 0 Å². The number of ether oxygens (including phenoxy) is 1. The number of benzene rings is 2. The molecule has 0 spiro atoms. The Labute approximate surface area is 149 Å². The van der Waals surface area contributed by atoms with E-state index in [1.807, 2.05) is 0 Å². The summed E-state index contributed by atoms with van der Waals surface area (Å²) >= 11 is 0. The van der Waals surface area contributed by atoms with Crippen LogP contribution >= 0.6 is 0 Å². The fourth-order valence-electron chi connectivity index (χ4n) is 1.96. The molecular formula is C18H18O8. The molecule has 0 aliphatic rings. The van der Waals surface area contributed by atoms with Crippen molar-refractivity contribution in [1.29, 1.82) is 0 Å². The molecule has 2 aromatic carbocycles. The van der Waals surface area contributed by atoms with Gasteiger partial charge in [0.15, 0.2) is 0 Å². The quantitative estimate of drug-likeness (QED) is 0.305. The van der Waals surface area contributed by atoms with Gasteiger partial charge in [-0.15, -0.1) is 0 Å². The third kappa shape index (κ3) is 5.56. The molecule has 4 N–H and O–H groups in total. The molecular weight excluding hydrogens is 344 g/mol. The SMILES string of the molecule is OOC(O)(C=Cc1ccccc1)OC(C=Cc1ccccc1)(OO)OO. The summed E-state index contributed by atoms with van der Waals surface area (Å²) < 4.78 is 4.88. The van der Waals surface area contributed by atoms with Crippen molar-refractivity contribution in [2.45, 2.75) is 11.9 Å². The first-order chi connectivity index (χ1) is 12.5. The average molecular weight is 362 g/mol. The van der Waals surface area contributed by atoms with E-state index < -0.39 is 11.9 Å². The summed E-state index contributed by atoms with van der Waals surface area (Å²) in [4.78, 5) is 11.9. The molecule has 0 saturated heterocycles. The second kappa shape index (κ2) is 9.34. The van der Waals surface area contributed by atoms with Gasteiger partial charge in [0.05, 0.1) is 0 Å². The van der Waals surface area contributed by atoms with Crippen LogP contribution in [-0.4, -0.2) is 32.8 Å². The second-order valence-corrected chi connectivity index (χ2v) is 5.10. The van der Waals surface area contributed by atoms with Crippen LogP contribution in [-0.2, 0) is 19.4 Å². The summed E-state index contributed by atoms with van der Waals surface area (Å²) in [7, 11) is 0. The molecule has 0 saturated carbocycles. The third-order valence-electron chi connectivity index (χ3n) is 3.24. The highest BCUT2D eigenvalue weighted by molar-refractivity contribution is 5.50. The van der Waals surface area contributed by atoms with Crippen LogP contribution in [0.5, 0.6) is 0 Å². The van der Waals surface area contributed by atoms with E-state index >= 15 is 0 Å². The van der Waals surface area contributed by atoms with Crippen molar-refractivity contribution in [3.05, 3.63) is 83.9 Å². The van der Waals surface area contributed by atoms with Crippen LogP contribution in [0.3, 0.4) is 0 Å². The minimum atomic E-state index is -2.82. The van der Waals surface area contributed by atoms with Gasteiger partial charge in [-0.2, -0.15) is 14.7 Å². The molecule has 0 heterocycles. The highest BCUT2D eigenvalue weighted by Gasteiger charge is 2.43. The normalized spacial score (nSPS) is 14.8. The maximum atomic E-state index is 10.2. The van der Waals surface area contributed by atoms with Crippen LogP contribution in [0.1, 0.15) is 11.1 Å². The molecule has 138 valence electrons. The van der Waals surface area contributed by atoms with Gasteiger partial charge in [0.25, 0.3) is 0 Å². The van der Waals surface area contributed by atoms with Crippen molar-refractivity contribution in [3.8, 4) is 0 Å². The maximum Gasteiger partial charge on any atom is 0.364 e. The van der Waals surface area contributed by atoms with Crippen molar-refractivity contribution in [2.75, 3.05) is 0 Å². The lowest BCUT2D eigenvalue weighted by Gasteiger charge is -2.30. The molecule has 0 aliphatic heterocycles. The number of aliphatic hydroxyl groups is 1. The molecule has 8 nitrogen and oxygen atoms in total. The van der Waals surface area contributed by atoms with E-state index in [-0.39, 0.29) is 0 Å². The van der Waals surface area contributed by atoms with Crippen LogP contribution in [0, 0.1) is 0 Å². The van der Waals surface area contributed by atoms with Gasteiger partial charge >= 0.3 is 11.9 Å². The summed E-state index contributed by atoms with van der Waals surface area (Å²) in [5.74, 6) is -5.50. The topological polar surface area (TPSA) is 118 Å². The summed E-state index contributed by atoms with van der Waals surface area (Å²) in [6.45, 7) is 0. The molecule has 0 aliphatic carbocycles. The first kappa shape index (κ1) is 19.9. The average Bonchev–Trinajstić information content (AvgIpc) is 2.71. The maximum absolute atomic E-state index is 10.2. The Morgan fingerprint density at radius 3 is 1.54 bits per heavy atom. The van der Waals surface area contributed by atoms with Crippen molar-refractivity contribution >= 4 is 12.2 Å². The molecule has 8 heteroatoms. The second-order valence-electron chi connectivity index (χ2n) is 5.10. The summed E-state index contributed by atoms with van der Waals surface area (Å²) in [6.07, 6.45) is 4.58. The zero-order chi connectivity index (χ0) is 18.9. The molecule has 0 aromatic heterocycles. The van der Waals surface area contributed by atoms with Crippen molar-refractivity contribution < 1.29 is 40.3 Å². The van der Waals surface area contributed by atoms with Gasteiger partial charge in [-0.1, -0.05) is 72.8 Å². The lowest BCUT2D eigenvalue weighted by atomic mass is 10.2. The Kier molecular flexibility index (Phi) is 7.16. The number of hydrogen-bond donors (Lipinski definition) is 4. The van der Waals surface area contributed by atoms with Gasteiger partial charge in [-0.25, -0.2) is 15.8 Å². The van der Waals surface area contributed by atoms with Crippen LogP contribution in [0.25, 0.3) is 12.2 Å². The van der Waals surface area contributed by atoms with Gasteiger partial charge in [0, 0.05) is 12.2 Å². The largest absolute Gasteiger partial charge is 0.364 e. The Bertz CT molecular complexity index is 712. The van der Waals surface area contributed by atoms with E-state index in [4.69, 9.17) is 20.5 Å². The summed E-state index contributed by atoms with van der Waals surface area (Å²) in [5.41, 5.74) is 1.29. The molecule has 0 amide bonds.